The van der Waals surface area contributed by atoms with Crippen LogP contribution in [0.1, 0.15) is 29.8 Å². The maximum absolute atomic E-state index is 13.7. The van der Waals surface area contributed by atoms with Crippen molar-refractivity contribution >= 4 is 28.3 Å². The lowest BCUT2D eigenvalue weighted by atomic mass is 10.1. The predicted molar refractivity (Wildman–Crippen MR) is 107 cm³/mol. The molecular weight excluding hydrogens is 398 g/mol. The maximum Gasteiger partial charge on any atom is 0.344 e. The van der Waals surface area contributed by atoms with E-state index >= 15 is 0 Å². The second kappa shape index (κ2) is 8.91. The van der Waals surface area contributed by atoms with E-state index in [4.69, 9.17) is 4.74 Å². The smallest absolute Gasteiger partial charge is 0.344 e. The van der Waals surface area contributed by atoms with Crippen LogP contribution in [0, 0.1) is 11.6 Å². The first-order chi connectivity index (χ1) is 13.9. The van der Waals surface area contributed by atoms with Crippen molar-refractivity contribution in [1.82, 2.24) is 4.98 Å². The molecule has 0 spiro atoms. The highest BCUT2D eigenvalue weighted by atomic mass is 32.1. The van der Waals surface area contributed by atoms with Crippen LogP contribution in [0.5, 0.6) is 0 Å². The van der Waals surface area contributed by atoms with Crippen LogP contribution < -0.4 is 5.32 Å². The SMILES string of the molecule is CCc1ccc(-c2csc(NC(=O)[C@H](C)OC(=O)c3c(F)cccc3F)n2)cc1. The molecule has 8 heteroatoms. The lowest BCUT2D eigenvalue weighted by Gasteiger charge is -2.13. The number of esters is 1. The molecule has 1 amide bonds. The van der Waals surface area contributed by atoms with Gasteiger partial charge in [-0.2, -0.15) is 0 Å². The first kappa shape index (κ1) is 20.6. The Morgan fingerprint density at radius 3 is 2.41 bits per heavy atom. The third-order valence-electron chi connectivity index (χ3n) is 4.21. The first-order valence-corrected chi connectivity index (χ1v) is 9.77. The minimum Gasteiger partial charge on any atom is -0.449 e. The highest BCUT2D eigenvalue weighted by Crippen LogP contribution is 2.25. The summed E-state index contributed by atoms with van der Waals surface area (Å²) in [4.78, 5) is 28.6. The first-order valence-electron chi connectivity index (χ1n) is 8.89. The molecule has 0 saturated heterocycles. The van der Waals surface area contributed by atoms with Crippen LogP contribution in [0.25, 0.3) is 11.3 Å². The van der Waals surface area contributed by atoms with Crippen molar-refractivity contribution in [2.75, 3.05) is 5.32 Å². The highest BCUT2D eigenvalue weighted by Gasteiger charge is 2.24. The zero-order valence-electron chi connectivity index (χ0n) is 15.7. The zero-order valence-corrected chi connectivity index (χ0v) is 16.6. The molecule has 3 rings (SSSR count). The van der Waals surface area contributed by atoms with Crippen molar-refractivity contribution < 1.29 is 23.1 Å². The van der Waals surface area contributed by atoms with Gasteiger partial charge in [0.1, 0.15) is 17.2 Å². The van der Waals surface area contributed by atoms with E-state index in [1.807, 2.05) is 24.3 Å². The molecule has 29 heavy (non-hydrogen) atoms. The second-order valence-electron chi connectivity index (χ2n) is 6.22. The molecule has 1 heterocycles. The number of thiazole rings is 1. The van der Waals surface area contributed by atoms with Crippen LogP contribution in [-0.2, 0) is 16.0 Å². The fraction of sp³-hybridized carbons (Fsp3) is 0.190. The summed E-state index contributed by atoms with van der Waals surface area (Å²) in [7, 11) is 0. The maximum atomic E-state index is 13.7. The van der Waals surface area contributed by atoms with E-state index in [2.05, 4.69) is 17.2 Å². The number of hydrogen-bond acceptors (Lipinski definition) is 5. The number of nitrogens with zero attached hydrogens (tertiary/aromatic N) is 1. The quantitative estimate of drug-likeness (QED) is 0.584. The number of rotatable bonds is 6. The van der Waals surface area contributed by atoms with Crippen LogP contribution in [-0.4, -0.2) is 23.0 Å². The minimum atomic E-state index is -1.27. The number of carbonyl (C=O) groups excluding carboxylic acids is 2. The molecule has 0 fully saturated rings. The molecule has 2 aromatic carbocycles. The molecule has 0 radical (unpaired) electrons. The number of nitrogens with one attached hydrogen (secondary N) is 1. The van der Waals surface area contributed by atoms with Crippen LogP contribution >= 0.6 is 11.3 Å². The molecule has 0 bridgehead atoms. The zero-order chi connectivity index (χ0) is 21.0. The summed E-state index contributed by atoms with van der Waals surface area (Å²) in [5.74, 6) is -4.01. The number of aryl methyl sites for hydroxylation is 1. The predicted octanol–water partition coefficient (Wildman–Crippen LogP) is 4.83. The summed E-state index contributed by atoms with van der Waals surface area (Å²) >= 11 is 1.22. The summed E-state index contributed by atoms with van der Waals surface area (Å²) in [6.45, 7) is 3.38. The van der Waals surface area contributed by atoms with Crippen molar-refractivity contribution in [3.8, 4) is 11.3 Å². The van der Waals surface area contributed by atoms with Crippen molar-refractivity contribution in [1.29, 1.82) is 0 Å². The van der Waals surface area contributed by atoms with Gasteiger partial charge in [0.15, 0.2) is 11.2 Å². The number of amides is 1. The van der Waals surface area contributed by atoms with E-state index in [0.717, 1.165) is 30.2 Å². The van der Waals surface area contributed by atoms with Gasteiger partial charge in [-0.3, -0.25) is 10.1 Å². The van der Waals surface area contributed by atoms with Gasteiger partial charge in [-0.1, -0.05) is 37.3 Å². The van der Waals surface area contributed by atoms with E-state index in [0.29, 0.717) is 10.8 Å². The molecule has 0 aliphatic rings. The van der Waals surface area contributed by atoms with E-state index in [1.165, 1.54) is 23.8 Å². The molecule has 0 aliphatic carbocycles. The number of hydrogen-bond donors (Lipinski definition) is 1. The summed E-state index contributed by atoms with van der Waals surface area (Å²) < 4.78 is 32.2. The average molecular weight is 416 g/mol. The summed E-state index contributed by atoms with van der Waals surface area (Å²) in [5, 5.41) is 4.66. The molecule has 150 valence electrons. The third kappa shape index (κ3) is 4.83. The van der Waals surface area contributed by atoms with Crippen molar-refractivity contribution in [2.45, 2.75) is 26.4 Å². The molecule has 0 saturated carbocycles. The summed E-state index contributed by atoms with van der Waals surface area (Å²) in [5.41, 5.74) is 1.98. The molecule has 1 aromatic heterocycles. The lowest BCUT2D eigenvalue weighted by Crippen LogP contribution is -2.30. The van der Waals surface area contributed by atoms with Crippen LogP contribution in [0.2, 0.25) is 0 Å². The monoisotopic (exact) mass is 416 g/mol. The van der Waals surface area contributed by atoms with E-state index in [1.54, 1.807) is 5.38 Å². The van der Waals surface area contributed by atoms with Gasteiger partial charge < -0.3 is 4.74 Å². The Kier molecular flexibility index (Phi) is 6.33. The molecule has 1 N–H and O–H groups in total. The Bertz CT molecular complexity index is 1010. The molecule has 3 aromatic rings. The third-order valence-corrected chi connectivity index (χ3v) is 4.97. The number of benzene rings is 2. The Labute approximate surface area is 170 Å². The molecular formula is C21H18F2N2O3S. The van der Waals surface area contributed by atoms with E-state index < -0.39 is 35.2 Å². The summed E-state index contributed by atoms with van der Waals surface area (Å²) in [6.07, 6.45) is -0.329. The highest BCUT2D eigenvalue weighted by molar-refractivity contribution is 7.14. The minimum absolute atomic E-state index is 0.324. The Morgan fingerprint density at radius 2 is 1.79 bits per heavy atom. The molecule has 1 atom stereocenters. The van der Waals surface area contributed by atoms with Crippen molar-refractivity contribution in [2.24, 2.45) is 0 Å². The Hall–Kier alpha value is -3.13. The van der Waals surface area contributed by atoms with Gasteiger partial charge in [0.05, 0.1) is 5.69 Å². The van der Waals surface area contributed by atoms with Gasteiger partial charge in [-0.25, -0.2) is 18.6 Å². The topological polar surface area (TPSA) is 68.3 Å². The number of anilines is 1. The van der Waals surface area contributed by atoms with Gasteiger partial charge in [0.2, 0.25) is 0 Å². The Balaban J connectivity index is 1.64. The fourth-order valence-corrected chi connectivity index (χ4v) is 3.27. The standard InChI is InChI=1S/C21H18F2N2O3S/c1-3-13-7-9-14(10-8-13)17-11-29-21(24-17)25-19(26)12(2)28-20(27)18-15(22)5-4-6-16(18)23/h4-12H,3H2,1-2H3,(H,24,25,26)/t12-/m0/s1. The number of carbonyl (C=O) groups is 2. The molecule has 5 nitrogen and oxygen atoms in total. The largest absolute Gasteiger partial charge is 0.449 e. The van der Waals surface area contributed by atoms with Crippen molar-refractivity contribution in [3.63, 3.8) is 0 Å². The van der Waals surface area contributed by atoms with Gasteiger partial charge >= 0.3 is 5.97 Å². The normalized spacial score (nSPS) is 11.7. The molecule has 0 aliphatic heterocycles. The number of halogens is 2. The Morgan fingerprint density at radius 1 is 1.14 bits per heavy atom. The second-order valence-corrected chi connectivity index (χ2v) is 7.08. The molecule has 0 unspecified atom stereocenters. The van der Waals surface area contributed by atoms with E-state index in [-0.39, 0.29) is 0 Å². The van der Waals surface area contributed by atoms with Crippen molar-refractivity contribution in [3.05, 3.63) is 70.6 Å². The fourth-order valence-electron chi connectivity index (χ4n) is 2.55. The average Bonchev–Trinajstić information content (AvgIpc) is 3.16. The van der Waals surface area contributed by atoms with Gasteiger partial charge in [-0.05, 0) is 31.0 Å². The number of aromatic nitrogens is 1. The number of ether oxygens (including phenoxy) is 1. The van der Waals surface area contributed by atoms with Gasteiger partial charge in [-0.15, -0.1) is 11.3 Å². The van der Waals surface area contributed by atoms with E-state index in [9.17, 15) is 18.4 Å². The van der Waals surface area contributed by atoms with Crippen LogP contribution in [0.4, 0.5) is 13.9 Å². The van der Waals surface area contributed by atoms with Crippen LogP contribution in [0.15, 0.2) is 47.8 Å². The lowest BCUT2D eigenvalue weighted by molar-refractivity contribution is -0.123. The van der Waals surface area contributed by atoms with Gasteiger partial charge in [0, 0.05) is 10.9 Å². The van der Waals surface area contributed by atoms with Crippen LogP contribution in [0.3, 0.4) is 0 Å². The van der Waals surface area contributed by atoms with Gasteiger partial charge in [0.25, 0.3) is 5.91 Å². The summed E-state index contributed by atoms with van der Waals surface area (Å²) in [6, 6.07) is 10.9.